The number of hydrogen-bond donors (Lipinski definition) is 0. The van der Waals surface area contributed by atoms with Crippen LogP contribution in [0.5, 0.6) is 0 Å². The number of carbonyl (C=O) groups excluding carboxylic acids is 1. The van der Waals surface area contributed by atoms with Gasteiger partial charge < -0.3 is 4.57 Å². The second-order valence-corrected chi connectivity index (χ2v) is 7.14. The van der Waals surface area contributed by atoms with Crippen LogP contribution >= 0.6 is 0 Å². The molecule has 2 aliphatic rings. The van der Waals surface area contributed by atoms with Crippen LogP contribution in [0, 0.1) is 0 Å². The molecule has 0 N–H and O–H groups in total. The van der Waals surface area contributed by atoms with Gasteiger partial charge in [-0.15, -0.1) is 0 Å². The Labute approximate surface area is 148 Å². The fourth-order valence-corrected chi connectivity index (χ4v) is 3.70. The first-order chi connectivity index (χ1) is 12.1. The average Bonchev–Trinajstić information content (AvgIpc) is 3.15. The Morgan fingerprint density at radius 2 is 1.92 bits per heavy atom. The van der Waals surface area contributed by atoms with Gasteiger partial charge in [0.1, 0.15) is 5.60 Å². The smallest absolute Gasteiger partial charge is 0.249 e. The summed E-state index contributed by atoms with van der Waals surface area (Å²) in [6.07, 6.45) is 6.03. The predicted molar refractivity (Wildman–Crippen MR) is 93.1 cm³/mol. The zero-order chi connectivity index (χ0) is 17.3. The van der Waals surface area contributed by atoms with Crippen LogP contribution < -0.4 is 0 Å². The molecule has 6 heteroatoms. The first kappa shape index (κ1) is 16.3. The van der Waals surface area contributed by atoms with Crippen LogP contribution in [-0.4, -0.2) is 44.1 Å². The molecule has 1 spiro atoms. The molecule has 25 heavy (non-hydrogen) atoms. The number of piperidine rings is 1. The lowest BCUT2D eigenvalue weighted by molar-refractivity contribution is -0.214. The number of amides is 1. The molecular formula is C19H24N4O2. The van der Waals surface area contributed by atoms with Crippen molar-refractivity contribution in [2.75, 3.05) is 13.1 Å². The molecule has 0 bridgehead atoms. The third kappa shape index (κ3) is 3.45. The van der Waals surface area contributed by atoms with Crippen molar-refractivity contribution in [3.05, 3.63) is 54.1 Å². The Morgan fingerprint density at radius 1 is 1.16 bits per heavy atom. The number of aromatic nitrogens is 2. The van der Waals surface area contributed by atoms with Gasteiger partial charge >= 0.3 is 0 Å². The van der Waals surface area contributed by atoms with E-state index in [1.165, 1.54) is 5.69 Å². The van der Waals surface area contributed by atoms with Gasteiger partial charge in [0.25, 0.3) is 0 Å². The van der Waals surface area contributed by atoms with Crippen LogP contribution in [0.15, 0.2) is 42.9 Å². The first-order valence-electron chi connectivity index (χ1n) is 8.85. The molecule has 0 aliphatic carbocycles. The number of aryl methyl sites for hydroxylation is 1. The van der Waals surface area contributed by atoms with Crippen LogP contribution in [0.3, 0.4) is 0 Å². The van der Waals surface area contributed by atoms with E-state index in [0.29, 0.717) is 13.0 Å². The summed E-state index contributed by atoms with van der Waals surface area (Å²) in [4.78, 5) is 25.2. The van der Waals surface area contributed by atoms with Crippen LogP contribution in [0.1, 0.15) is 30.5 Å². The van der Waals surface area contributed by atoms with Crippen LogP contribution in [0.2, 0.25) is 0 Å². The fraction of sp³-hybridized carbons (Fsp3) is 0.474. The average molecular weight is 340 g/mol. The quantitative estimate of drug-likeness (QED) is 0.855. The number of likely N-dealkylation sites (tertiary alicyclic amines) is 1. The SMILES string of the molecule is Cn1cncc1CN1CCC2(CC1)CC(=O)N(Cc1ccccc1)O2. The van der Waals surface area contributed by atoms with Crippen molar-refractivity contribution < 1.29 is 9.63 Å². The van der Waals surface area contributed by atoms with E-state index in [0.717, 1.165) is 38.0 Å². The number of benzene rings is 1. The summed E-state index contributed by atoms with van der Waals surface area (Å²) in [5.41, 5.74) is 2.00. The van der Waals surface area contributed by atoms with E-state index in [-0.39, 0.29) is 11.5 Å². The molecule has 4 rings (SSSR count). The van der Waals surface area contributed by atoms with E-state index < -0.39 is 0 Å². The maximum atomic E-state index is 12.4. The molecule has 6 nitrogen and oxygen atoms in total. The summed E-state index contributed by atoms with van der Waals surface area (Å²) >= 11 is 0. The molecule has 3 heterocycles. The van der Waals surface area contributed by atoms with E-state index >= 15 is 0 Å². The van der Waals surface area contributed by atoms with Gasteiger partial charge in [-0.05, 0) is 18.4 Å². The number of rotatable bonds is 4. The lowest BCUT2D eigenvalue weighted by atomic mass is 9.88. The summed E-state index contributed by atoms with van der Waals surface area (Å²) in [5.74, 6) is 0.101. The number of hydrogen-bond acceptors (Lipinski definition) is 4. The molecule has 132 valence electrons. The van der Waals surface area contributed by atoms with Gasteiger partial charge in [-0.1, -0.05) is 30.3 Å². The van der Waals surface area contributed by atoms with Crippen molar-refractivity contribution >= 4 is 5.91 Å². The van der Waals surface area contributed by atoms with Gasteiger partial charge in [0.05, 0.1) is 25.0 Å². The van der Waals surface area contributed by atoms with Gasteiger partial charge in [-0.3, -0.25) is 14.5 Å². The molecule has 0 unspecified atom stereocenters. The monoisotopic (exact) mass is 340 g/mol. The highest BCUT2D eigenvalue weighted by Gasteiger charge is 2.46. The predicted octanol–water partition coefficient (Wildman–Crippen LogP) is 2.12. The molecule has 0 atom stereocenters. The standard InChI is InChI=1S/C19H24N4O2/c1-21-15-20-12-17(21)14-22-9-7-19(8-10-22)11-18(24)23(25-19)13-16-5-3-2-4-6-16/h2-6,12,15H,7-11,13-14H2,1H3. The molecular weight excluding hydrogens is 316 g/mol. The van der Waals surface area contributed by atoms with E-state index in [9.17, 15) is 4.79 Å². The fourth-order valence-electron chi connectivity index (χ4n) is 3.70. The highest BCUT2D eigenvalue weighted by Crippen LogP contribution is 2.37. The minimum Gasteiger partial charge on any atom is -0.337 e. The molecule has 0 saturated carbocycles. The maximum absolute atomic E-state index is 12.4. The van der Waals surface area contributed by atoms with Gasteiger partial charge in [0.15, 0.2) is 0 Å². The second-order valence-electron chi connectivity index (χ2n) is 7.14. The summed E-state index contributed by atoms with van der Waals surface area (Å²) in [7, 11) is 2.02. The summed E-state index contributed by atoms with van der Waals surface area (Å²) in [6.45, 7) is 3.31. The molecule has 2 aromatic rings. The summed E-state index contributed by atoms with van der Waals surface area (Å²) in [5, 5.41) is 1.56. The van der Waals surface area contributed by atoms with E-state index in [1.807, 2.05) is 49.9 Å². The molecule has 2 fully saturated rings. The zero-order valence-corrected chi connectivity index (χ0v) is 14.6. The third-order valence-corrected chi connectivity index (χ3v) is 5.29. The number of hydroxylamine groups is 2. The number of carbonyl (C=O) groups is 1. The maximum Gasteiger partial charge on any atom is 0.249 e. The van der Waals surface area contributed by atoms with Crippen molar-refractivity contribution in [3.63, 3.8) is 0 Å². The lowest BCUT2D eigenvalue weighted by Crippen LogP contribution is -2.44. The van der Waals surface area contributed by atoms with E-state index in [4.69, 9.17) is 4.84 Å². The highest BCUT2D eigenvalue weighted by atomic mass is 16.7. The Balaban J connectivity index is 1.35. The Hall–Kier alpha value is -2.18. The van der Waals surface area contributed by atoms with Crippen molar-refractivity contribution in [1.29, 1.82) is 0 Å². The van der Waals surface area contributed by atoms with Crippen molar-refractivity contribution in [2.45, 2.75) is 38.0 Å². The molecule has 0 radical (unpaired) electrons. The molecule has 1 amide bonds. The number of imidazole rings is 1. The van der Waals surface area contributed by atoms with Gasteiger partial charge in [0, 0.05) is 32.9 Å². The van der Waals surface area contributed by atoms with E-state index in [2.05, 4.69) is 14.5 Å². The van der Waals surface area contributed by atoms with E-state index in [1.54, 1.807) is 5.06 Å². The van der Waals surface area contributed by atoms with Gasteiger partial charge in [-0.25, -0.2) is 10.0 Å². The van der Waals surface area contributed by atoms with Gasteiger partial charge in [0.2, 0.25) is 5.91 Å². The summed E-state index contributed by atoms with van der Waals surface area (Å²) < 4.78 is 2.06. The minimum absolute atomic E-state index is 0.101. The first-order valence-corrected chi connectivity index (χ1v) is 8.85. The molecule has 2 saturated heterocycles. The molecule has 1 aromatic heterocycles. The topological polar surface area (TPSA) is 50.6 Å². The Bertz CT molecular complexity index is 735. The Kier molecular flexibility index (Phi) is 4.31. The van der Waals surface area contributed by atoms with Crippen molar-refractivity contribution in [2.24, 2.45) is 7.05 Å². The van der Waals surface area contributed by atoms with Crippen LogP contribution in [0.4, 0.5) is 0 Å². The Morgan fingerprint density at radius 3 is 2.60 bits per heavy atom. The molecule has 1 aromatic carbocycles. The van der Waals surface area contributed by atoms with Crippen molar-refractivity contribution in [1.82, 2.24) is 19.5 Å². The van der Waals surface area contributed by atoms with Crippen LogP contribution in [-0.2, 0) is 29.8 Å². The third-order valence-electron chi connectivity index (χ3n) is 5.29. The normalized spacial score (nSPS) is 20.5. The molecule has 2 aliphatic heterocycles. The van der Waals surface area contributed by atoms with Crippen LogP contribution in [0.25, 0.3) is 0 Å². The van der Waals surface area contributed by atoms with Crippen molar-refractivity contribution in [3.8, 4) is 0 Å². The highest BCUT2D eigenvalue weighted by molar-refractivity contribution is 5.78. The lowest BCUT2D eigenvalue weighted by Gasteiger charge is -2.37. The zero-order valence-electron chi connectivity index (χ0n) is 14.6. The second kappa shape index (κ2) is 6.61. The number of nitrogens with zero attached hydrogens (tertiary/aromatic N) is 4. The minimum atomic E-state index is -0.311. The summed E-state index contributed by atoms with van der Waals surface area (Å²) in [6, 6.07) is 10.0. The van der Waals surface area contributed by atoms with Gasteiger partial charge in [-0.2, -0.15) is 0 Å². The largest absolute Gasteiger partial charge is 0.337 e.